The van der Waals surface area contributed by atoms with Gasteiger partial charge in [0, 0.05) is 40.6 Å². The summed E-state index contributed by atoms with van der Waals surface area (Å²) >= 11 is 5.74. The van der Waals surface area contributed by atoms with Gasteiger partial charge in [0.25, 0.3) is 0 Å². The second kappa shape index (κ2) is 5.32. The lowest BCUT2D eigenvalue weighted by molar-refractivity contribution is 0.679. The summed E-state index contributed by atoms with van der Waals surface area (Å²) in [6.07, 6.45) is 1.67. The summed E-state index contributed by atoms with van der Waals surface area (Å²) in [5.74, 6) is 0.609. The van der Waals surface area contributed by atoms with Crippen molar-refractivity contribution in [2.75, 3.05) is 23.9 Å². The van der Waals surface area contributed by atoms with Crippen molar-refractivity contribution in [1.29, 1.82) is 0 Å². The van der Waals surface area contributed by atoms with Crippen LogP contribution < -0.4 is 11.1 Å². The molecule has 15 heavy (non-hydrogen) atoms. The molecular formula is C9H14ClN3OS. The molecule has 0 fully saturated rings. The van der Waals surface area contributed by atoms with Crippen molar-refractivity contribution in [1.82, 2.24) is 4.98 Å². The van der Waals surface area contributed by atoms with Crippen LogP contribution in [0.3, 0.4) is 0 Å². The highest BCUT2D eigenvalue weighted by molar-refractivity contribution is 7.84. The number of halogens is 1. The summed E-state index contributed by atoms with van der Waals surface area (Å²) in [6.45, 7) is 2.48. The van der Waals surface area contributed by atoms with Crippen LogP contribution in [-0.2, 0) is 10.8 Å². The standard InChI is InChI=1S/C9H14ClN3OS/c1-6(15(2)14)5-12-9-4-7(11)3-8(10)13-9/h3-4,6H,5H2,1-2H3,(H3,11,12,13). The van der Waals surface area contributed by atoms with E-state index in [1.54, 1.807) is 18.4 Å². The summed E-state index contributed by atoms with van der Waals surface area (Å²) < 4.78 is 11.1. The zero-order valence-electron chi connectivity index (χ0n) is 8.66. The molecule has 0 bridgehead atoms. The van der Waals surface area contributed by atoms with Gasteiger partial charge in [0.2, 0.25) is 0 Å². The molecule has 0 aliphatic rings. The molecule has 0 saturated heterocycles. The molecule has 4 nitrogen and oxygen atoms in total. The summed E-state index contributed by atoms with van der Waals surface area (Å²) in [6, 6.07) is 3.27. The van der Waals surface area contributed by atoms with Crippen molar-refractivity contribution in [2.24, 2.45) is 0 Å². The molecule has 2 unspecified atom stereocenters. The number of aromatic nitrogens is 1. The number of nitrogens with two attached hydrogens (primary N) is 1. The first-order chi connectivity index (χ1) is 6.99. The highest BCUT2D eigenvalue weighted by Crippen LogP contribution is 2.15. The second-order valence-corrected chi connectivity index (χ2v) is 5.49. The predicted octanol–water partition coefficient (Wildman–Crippen LogP) is 1.50. The lowest BCUT2D eigenvalue weighted by Gasteiger charge is -2.10. The zero-order valence-corrected chi connectivity index (χ0v) is 10.2. The van der Waals surface area contributed by atoms with Gasteiger partial charge in [-0.15, -0.1) is 0 Å². The third-order valence-electron chi connectivity index (χ3n) is 1.95. The Labute approximate surface area is 96.7 Å². The maximum absolute atomic E-state index is 11.1. The van der Waals surface area contributed by atoms with Crippen molar-refractivity contribution in [3.8, 4) is 0 Å². The smallest absolute Gasteiger partial charge is 0.133 e. The fourth-order valence-corrected chi connectivity index (χ4v) is 1.51. The van der Waals surface area contributed by atoms with E-state index in [4.69, 9.17) is 17.3 Å². The second-order valence-electron chi connectivity index (χ2n) is 3.30. The number of hydrogen-bond acceptors (Lipinski definition) is 4. The van der Waals surface area contributed by atoms with Gasteiger partial charge in [-0.1, -0.05) is 11.6 Å². The molecule has 0 aliphatic carbocycles. The van der Waals surface area contributed by atoms with E-state index in [9.17, 15) is 4.21 Å². The molecule has 0 amide bonds. The number of nitrogen functional groups attached to an aromatic ring is 1. The SMILES string of the molecule is CC(CNc1cc(N)cc(Cl)n1)S(C)=O. The van der Waals surface area contributed by atoms with Crippen LogP contribution in [-0.4, -0.2) is 27.2 Å². The quantitative estimate of drug-likeness (QED) is 0.792. The van der Waals surface area contributed by atoms with Gasteiger partial charge in [-0.25, -0.2) is 4.98 Å². The van der Waals surface area contributed by atoms with Crippen molar-refractivity contribution in [2.45, 2.75) is 12.2 Å². The highest BCUT2D eigenvalue weighted by atomic mass is 35.5. The van der Waals surface area contributed by atoms with Crippen LogP contribution >= 0.6 is 11.6 Å². The van der Waals surface area contributed by atoms with E-state index in [0.717, 1.165) is 0 Å². The molecule has 0 aliphatic heterocycles. The predicted molar refractivity (Wildman–Crippen MR) is 65.7 cm³/mol. The minimum Gasteiger partial charge on any atom is -0.399 e. The third kappa shape index (κ3) is 4.05. The normalized spacial score (nSPS) is 14.6. The first-order valence-electron chi connectivity index (χ1n) is 4.48. The zero-order chi connectivity index (χ0) is 11.4. The van der Waals surface area contributed by atoms with Crippen LogP contribution in [0.4, 0.5) is 11.5 Å². The van der Waals surface area contributed by atoms with E-state index in [-0.39, 0.29) is 5.25 Å². The molecule has 6 heteroatoms. The lowest BCUT2D eigenvalue weighted by atomic mass is 10.4. The van der Waals surface area contributed by atoms with Crippen LogP contribution in [0, 0.1) is 0 Å². The van der Waals surface area contributed by atoms with Gasteiger partial charge in [-0.2, -0.15) is 0 Å². The lowest BCUT2D eigenvalue weighted by Crippen LogP contribution is -2.21. The first kappa shape index (κ1) is 12.3. The Balaban J connectivity index is 2.61. The number of nitrogens with one attached hydrogen (secondary N) is 1. The van der Waals surface area contributed by atoms with Crippen molar-refractivity contribution in [3.05, 3.63) is 17.3 Å². The summed E-state index contributed by atoms with van der Waals surface area (Å²) in [5, 5.41) is 3.45. The van der Waals surface area contributed by atoms with E-state index in [1.807, 2.05) is 6.92 Å². The number of hydrogen-bond donors (Lipinski definition) is 2. The van der Waals surface area contributed by atoms with Gasteiger partial charge in [-0.05, 0) is 13.0 Å². The fourth-order valence-electron chi connectivity index (χ4n) is 0.973. The van der Waals surface area contributed by atoms with E-state index in [0.29, 0.717) is 23.2 Å². The topological polar surface area (TPSA) is 68.0 Å². The van der Waals surface area contributed by atoms with Gasteiger partial charge in [0.1, 0.15) is 11.0 Å². The van der Waals surface area contributed by atoms with E-state index < -0.39 is 10.8 Å². The Morgan fingerprint density at radius 3 is 2.87 bits per heavy atom. The van der Waals surface area contributed by atoms with Crippen molar-refractivity contribution < 1.29 is 4.21 Å². The first-order valence-corrected chi connectivity index (χ1v) is 6.48. The molecule has 3 N–H and O–H groups in total. The Hall–Kier alpha value is -0.810. The molecule has 2 atom stereocenters. The van der Waals surface area contributed by atoms with Crippen LogP contribution in [0.5, 0.6) is 0 Å². The molecule has 0 radical (unpaired) electrons. The minimum absolute atomic E-state index is 0.0620. The number of anilines is 2. The molecule has 1 aromatic rings. The van der Waals surface area contributed by atoms with Crippen molar-refractivity contribution >= 4 is 33.9 Å². The third-order valence-corrected chi connectivity index (χ3v) is 3.45. The number of nitrogens with zero attached hydrogens (tertiary/aromatic N) is 1. The Morgan fingerprint density at radius 2 is 2.33 bits per heavy atom. The van der Waals surface area contributed by atoms with Crippen LogP contribution in [0.15, 0.2) is 12.1 Å². The number of rotatable bonds is 4. The van der Waals surface area contributed by atoms with Gasteiger partial charge in [0.15, 0.2) is 0 Å². The molecule has 1 heterocycles. The monoisotopic (exact) mass is 247 g/mol. The fraction of sp³-hybridized carbons (Fsp3) is 0.444. The summed E-state index contributed by atoms with van der Waals surface area (Å²) in [7, 11) is -0.849. The van der Waals surface area contributed by atoms with Gasteiger partial charge >= 0.3 is 0 Å². The van der Waals surface area contributed by atoms with E-state index >= 15 is 0 Å². The Morgan fingerprint density at radius 1 is 1.67 bits per heavy atom. The van der Waals surface area contributed by atoms with Gasteiger partial charge in [-0.3, -0.25) is 4.21 Å². The van der Waals surface area contributed by atoms with Gasteiger partial charge in [0.05, 0.1) is 0 Å². The molecule has 0 saturated carbocycles. The Kier molecular flexibility index (Phi) is 4.35. The van der Waals surface area contributed by atoms with Crippen LogP contribution in [0.25, 0.3) is 0 Å². The average molecular weight is 248 g/mol. The summed E-state index contributed by atoms with van der Waals surface area (Å²) in [5.41, 5.74) is 6.16. The number of pyridine rings is 1. The molecule has 1 aromatic heterocycles. The molecule has 84 valence electrons. The maximum Gasteiger partial charge on any atom is 0.133 e. The highest BCUT2D eigenvalue weighted by Gasteiger charge is 2.06. The molecular weight excluding hydrogens is 234 g/mol. The molecule has 1 rings (SSSR count). The Bertz CT molecular complexity index is 352. The van der Waals surface area contributed by atoms with E-state index in [1.165, 1.54) is 0 Å². The average Bonchev–Trinajstić information content (AvgIpc) is 2.12. The largest absolute Gasteiger partial charge is 0.399 e. The van der Waals surface area contributed by atoms with Gasteiger partial charge < -0.3 is 11.1 Å². The summed E-state index contributed by atoms with van der Waals surface area (Å²) in [4.78, 5) is 4.04. The van der Waals surface area contributed by atoms with E-state index in [2.05, 4.69) is 10.3 Å². The van der Waals surface area contributed by atoms with Crippen molar-refractivity contribution in [3.63, 3.8) is 0 Å². The molecule has 0 aromatic carbocycles. The maximum atomic E-state index is 11.1. The minimum atomic E-state index is -0.849. The van der Waals surface area contributed by atoms with Crippen LogP contribution in [0.1, 0.15) is 6.92 Å². The van der Waals surface area contributed by atoms with Crippen LogP contribution in [0.2, 0.25) is 5.15 Å². The molecule has 0 spiro atoms.